The Morgan fingerprint density at radius 1 is 0.845 bits per heavy atom. The summed E-state index contributed by atoms with van der Waals surface area (Å²) in [6.07, 6.45) is 1.34. The van der Waals surface area contributed by atoms with Crippen LogP contribution in [0, 0.1) is 0 Å². The molecule has 0 saturated heterocycles. The van der Waals surface area contributed by atoms with E-state index in [-0.39, 0.29) is 42.8 Å². The lowest BCUT2D eigenvalue weighted by Gasteiger charge is -2.31. The number of methoxy groups -OCH3 is 1. The number of sulfonamides is 1. The summed E-state index contributed by atoms with van der Waals surface area (Å²) in [5.41, 5.74) is 0.915. The van der Waals surface area contributed by atoms with Gasteiger partial charge in [-0.1, -0.05) is 108 Å². The fourth-order valence-electron chi connectivity index (χ4n) is 6.05. The topological polar surface area (TPSA) is 161 Å². The highest BCUT2D eigenvalue weighted by Crippen LogP contribution is 2.39. The van der Waals surface area contributed by atoms with Gasteiger partial charge in [-0.05, 0) is 72.1 Å². The number of nitrogens with zero attached hydrogens (tertiary/aromatic N) is 1. The fourth-order valence-corrected chi connectivity index (χ4v) is 7.77. The van der Waals surface area contributed by atoms with Crippen molar-refractivity contribution < 1.29 is 27.5 Å². The summed E-state index contributed by atoms with van der Waals surface area (Å²) >= 11 is 13.0. The Kier molecular flexibility index (Phi) is 13.4. The first-order valence-corrected chi connectivity index (χ1v) is 21.1. The quantitative estimate of drug-likeness (QED) is 0.0769. The summed E-state index contributed by atoms with van der Waals surface area (Å²) in [5, 5.41) is 8.21. The molecule has 4 N–H and O–H groups in total. The average molecular weight is 851 g/mol. The first kappa shape index (κ1) is 43.9. The van der Waals surface area contributed by atoms with Gasteiger partial charge >= 0.3 is 0 Å². The van der Waals surface area contributed by atoms with Gasteiger partial charge in [0, 0.05) is 28.9 Å². The smallest absolute Gasteiger partial charge is 0.297 e. The number of rotatable bonds is 16. The van der Waals surface area contributed by atoms with E-state index in [9.17, 15) is 22.8 Å². The third-order valence-corrected chi connectivity index (χ3v) is 12.4. The second kappa shape index (κ2) is 17.7. The number of carbonyl (C=O) groups is 2. The summed E-state index contributed by atoms with van der Waals surface area (Å²) in [5.74, 6) is -0.497. The zero-order valence-corrected chi connectivity index (χ0v) is 36.1. The van der Waals surface area contributed by atoms with Crippen LogP contribution >= 0.6 is 23.2 Å². The molecule has 308 valence electrons. The molecular formula is C43H49Cl2N5O7S. The minimum atomic E-state index is -4.32. The van der Waals surface area contributed by atoms with Gasteiger partial charge in [-0.15, -0.1) is 0 Å². The highest BCUT2D eigenvalue weighted by molar-refractivity contribution is 7.92. The number of halogens is 2. The Balaban J connectivity index is 1.43. The van der Waals surface area contributed by atoms with Gasteiger partial charge in [-0.25, -0.2) is 13.1 Å². The molecule has 0 bridgehead atoms. The van der Waals surface area contributed by atoms with Crippen LogP contribution in [0.4, 0.5) is 17.2 Å². The van der Waals surface area contributed by atoms with E-state index in [1.165, 1.54) is 61.2 Å². The standard InChI is InChI=1S/C43H49Cl2N5O7S/c1-9-34(57-35-21-20-27(42(4,5)10-2)23-31(35)43(6,7)11-3)40(52)46-28-17-15-16-26(22-28)39(51)47-38-36(49-58(54,55)30-18-13-12-14-19-30)41(53)50(48-38)37-32(44)24-29(56-8)25-33(37)45/h12-25,34,48-49H,9-11H2,1-8H3,(H,46,52)(H,47,51). The molecule has 1 atom stereocenters. The van der Waals surface area contributed by atoms with E-state index >= 15 is 0 Å². The molecule has 0 fully saturated rings. The Morgan fingerprint density at radius 2 is 1.50 bits per heavy atom. The highest BCUT2D eigenvalue weighted by atomic mass is 35.5. The van der Waals surface area contributed by atoms with Gasteiger partial charge in [-0.2, -0.15) is 0 Å². The van der Waals surface area contributed by atoms with Gasteiger partial charge in [0.05, 0.1) is 22.1 Å². The fraction of sp³-hybridized carbons (Fsp3) is 0.326. The number of hydrogen-bond acceptors (Lipinski definition) is 7. The van der Waals surface area contributed by atoms with Crippen LogP contribution in [0.3, 0.4) is 0 Å². The number of aromatic amines is 1. The van der Waals surface area contributed by atoms with E-state index in [0.29, 0.717) is 23.6 Å². The average Bonchev–Trinajstić information content (AvgIpc) is 3.48. The maximum absolute atomic E-state index is 13.9. The Morgan fingerprint density at radius 3 is 2.10 bits per heavy atom. The summed E-state index contributed by atoms with van der Waals surface area (Å²) < 4.78 is 41.7. The van der Waals surface area contributed by atoms with Crippen molar-refractivity contribution in [2.24, 2.45) is 0 Å². The number of aromatic nitrogens is 2. The zero-order chi connectivity index (χ0) is 42.6. The lowest BCUT2D eigenvalue weighted by molar-refractivity contribution is -0.122. The molecule has 0 spiro atoms. The molecule has 58 heavy (non-hydrogen) atoms. The number of hydrogen-bond donors (Lipinski definition) is 4. The van der Waals surface area contributed by atoms with Crippen LogP contribution in [0.25, 0.3) is 5.69 Å². The zero-order valence-electron chi connectivity index (χ0n) is 33.8. The third-order valence-electron chi connectivity index (χ3n) is 10.5. The van der Waals surface area contributed by atoms with Gasteiger partial charge in [0.1, 0.15) is 17.2 Å². The predicted octanol–water partition coefficient (Wildman–Crippen LogP) is 9.71. The van der Waals surface area contributed by atoms with Crippen LogP contribution in [0.5, 0.6) is 11.5 Å². The Hall–Kier alpha value is -5.24. The summed E-state index contributed by atoms with van der Waals surface area (Å²) in [6, 6.07) is 22.6. The van der Waals surface area contributed by atoms with Crippen molar-refractivity contribution in [1.29, 1.82) is 0 Å². The van der Waals surface area contributed by atoms with Crippen LogP contribution in [0.15, 0.2) is 94.6 Å². The molecule has 12 nitrogen and oxygen atoms in total. The monoisotopic (exact) mass is 849 g/mol. The highest BCUT2D eigenvalue weighted by Gasteiger charge is 2.30. The number of amides is 2. The van der Waals surface area contributed by atoms with Crippen LogP contribution in [-0.4, -0.2) is 43.2 Å². The van der Waals surface area contributed by atoms with Crippen molar-refractivity contribution >= 4 is 62.2 Å². The van der Waals surface area contributed by atoms with Crippen molar-refractivity contribution in [2.45, 2.75) is 89.6 Å². The van der Waals surface area contributed by atoms with E-state index in [1.807, 2.05) is 13.0 Å². The number of H-pyrrole nitrogens is 1. The Bertz CT molecular complexity index is 2460. The van der Waals surface area contributed by atoms with Crippen LogP contribution < -0.4 is 30.4 Å². The maximum atomic E-state index is 13.9. The molecule has 1 aromatic heterocycles. The van der Waals surface area contributed by atoms with E-state index in [0.717, 1.165) is 23.1 Å². The maximum Gasteiger partial charge on any atom is 0.297 e. The molecule has 1 heterocycles. The first-order valence-electron chi connectivity index (χ1n) is 18.9. The second-order valence-electron chi connectivity index (χ2n) is 15.1. The minimum absolute atomic E-state index is 0.00334. The van der Waals surface area contributed by atoms with Crippen LogP contribution in [0.2, 0.25) is 10.0 Å². The second-order valence-corrected chi connectivity index (χ2v) is 17.6. The molecule has 15 heteroatoms. The van der Waals surface area contributed by atoms with Crippen molar-refractivity contribution in [2.75, 3.05) is 22.5 Å². The molecule has 5 rings (SSSR count). The molecule has 0 aliphatic carbocycles. The van der Waals surface area contributed by atoms with Crippen molar-refractivity contribution in [3.63, 3.8) is 0 Å². The van der Waals surface area contributed by atoms with Crippen molar-refractivity contribution in [1.82, 2.24) is 9.78 Å². The van der Waals surface area contributed by atoms with Gasteiger partial charge in [-0.3, -0.25) is 24.2 Å². The van der Waals surface area contributed by atoms with E-state index in [1.54, 1.807) is 18.2 Å². The summed E-state index contributed by atoms with van der Waals surface area (Å²) in [4.78, 5) is 41.3. The normalized spacial score (nSPS) is 12.4. The molecule has 0 aliphatic heterocycles. The van der Waals surface area contributed by atoms with E-state index in [4.69, 9.17) is 32.7 Å². The molecule has 5 aromatic rings. The number of carbonyl (C=O) groups excluding carboxylic acids is 2. The van der Waals surface area contributed by atoms with Gasteiger partial charge in [0.25, 0.3) is 27.4 Å². The molecule has 2 amide bonds. The van der Waals surface area contributed by atoms with Crippen LogP contribution in [-0.2, 0) is 25.6 Å². The molecule has 4 aromatic carbocycles. The first-order chi connectivity index (χ1) is 27.3. The molecule has 0 aliphatic rings. The van der Waals surface area contributed by atoms with E-state index < -0.39 is 39.2 Å². The number of ether oxygens (including phenoxy) is 2. The summed E-state index contributed by atoms with van der Waals surface area (Å²) in [7, 11) is -2.90. The molecular weight excluding hydrogens is 801 g/mol. The molecule has 1 unspecified atom stereocenters. The number of benzene rings is 4. The lowest BCUT2D eigenvalue weighted by atomic mass is 9.76. The SMILES string of the molecule is CCC(Oc1ccc(C(C)(C)CC)cc1C(C)(C)CC)C(=O)Nc1cccc(C(=O)Nc2[nH]n(-c3c(Cl)cc(OC)cc3Cl)c(=O)c2NS(=O)(=O)c2ccccc2)c1. The third kappa shape index (κ3) is 9.54. The van der Waals surface area contributed by atoms with Crippen molar-refractivity contribution in [3.8, 4) is 17.2 Å². The number of anilines is 3. The lowest BCUT2D eigenvalue weighted by Crippen LogP contribution is -2.33. The minimum Gasteiger partial charge on any atom is -0.497 e. The summed E-state index contributed by atoms with van der Waals surface area (Å²) in [6.45, 7) is 14.9. The van der Waals surface area contributed by atoms with Crippen LogP contribution in [0.1, 0.15) is 89.2 Å². The Labute approximate surface area is 349 Å². The van der Waals surface area contributed by atoms with E-state index in [2.05, 4.69) is 74.1 Å². The molecule has 0 radical (unpaired) electrons. The van der Waals surface area contributed by atoms with Gasteiger partial charge < -0.3 is 20.1 Å². The van der Waals surface area contributed by atoms with Gasteiger partial charge in [0.2, 0.25) is 0 Å². The largest absolute Gasteiger partial charge is 0.497 e. The number of nitrogens with one attached hydrogen (secondary N) is 4. The van der Waals surface area contributed by atoms with Crippen molar-refractivity contribution in [3.05, 3.63) is 122 Å². The molecule has 0 saturated carbocycles. The van der Waals surface area contributed by atoms with Gasteiger partial charge in [0.15, 0.2) is 17.6 Å². The predicted molar refractivity (Wildman–Crippen MR) is 231 cm³/mol.